The molecular formula is C23H23BrN4S. The lowest BCUT2D eigenvalue weighted by Gasteiger charge is -2.33. The molecule has 1 saturated heterocycles. The van der Waals surface area contributed by atoms with Crippen molar-refractivity contribution in [1.29, 1.82) is 0 Å². The number of rotatable bonds is 4. The molecule has 0 radical (unpaired) electrons. The minimum absolute atomic E-state index is 0.0356. The van der Waals surface area contributed by atoms with Crippen molar-refractivity contribution in [2.45, 2.75) is 43.8 Å². The third-order valence-corrected chi connectivity index (χ3v) is 6.90. The highest BCUT2D eigenvalue weighted by atomic mass is 79.9. The average molecular weight is 467 g/mol. The third kappa shape index (κ3) is 3.49. The Kier molecular flexibility index (Phi) is 5.14. The predicted molar refractivity (Wildman–Crippen MR) is 123 cm³/mol. The molecule has 1 aliphatic heterocycles. The summed E-state index contributed by atoms with van der Waals surface area (Å²) in [4.78, 5) is 7.12. The minimum Gasteiger partial charge on any atom is -0.352 e. The Bertz CT molecular complexity index is 995. The second-order valence-corrected chi connectivity index (χ2v) is 9.05. The van der Waals surface area contributed by atoms with Crippen molar-refractivity contribution >= 4 is 33.3 Å². The standard InChI is InChI=1S/C23H23BrN4S/c24-16-10-12-17(13-11-16)27-15-5-9-20(27)22-21(19-8-3-4-14-25-19)26-23(29)28(22)18-6-1-2-7-18/h3-5,8-15,18,21-22H,1-2,6-7H2,(H,26,29)/t21-,22+/m0/s1. The maximum absolute atomic E-state index is 5.85. The number of nitrogens with zero attached hydrogens (tertiary/aromatic N) is 3. The Balaban J connectivity index is 1.61. The quantitative estimate of drug-likeness (QED) is 0.510. The molecule has 5 rings (SSSR count). The van der Waals surface area contributed by atoms with E-state index in [1.165, 1.54) is 31.4 Å². The van der Waals surface area contributed by atoms with E-state index < -0.39 is 0 Å². The van der Waals surface area contributed by atoms with Crippen LogP contribution in [0.15, 0.2) is 71.5 Å². The van der Waals surface area contributed by atoms with E-state index in [1.54, 1.807) is 0 Å². The number of hydrogen-bond acceptors (Lipinski definition) is 2. The van der Waals surface area contributed by atoms with Gasteiger partial charge in [0.1, 0.15) is 0 Å². The van der Waals surface area contributed by atoms with Gasteiger partial charge in [-0.15, -0.1) is 0 Å². The SMILES string of the molecule is S=C1N[C@@H](c2ccccn2)[C@@H](c2cccn2-c2ccc(Br)cc2)N1C1CCCC1. The van der Waals surface area contributed by atoms with Crippen molar-refractivity contribution in [3.05, 3.63) is 82.9 Å². The molecule has 2 aromatic heterocycles. The van der Waals surface area contributed by atoms with Crippen molar-refractivity contribution < 1.29 is 0 Å². The van der Waals surface area contributed by atoms with Gasteiger partial charge in [-0.1, -0.05) is 34.8 Å². The molecule has 1 N–H and O–H groups in total. The normalized spacial score (nSPS) is 22.2. The van der Waals surface area contributed by atoms with Crippen molar-refractivity contribution in [3.8, 4) is 5.69 Å². The molecule has 6 heteroatoms. The zero-order valence-electron chi connectivity index (χ0n) is 16.0. The maximum atomic E-state index is 5.85. The topological polar surface area (TPSA) is 33.1 Å². The lowest BCUT2D eigenvalue weighted by atomic mass is 9.99. The number of benzene rings is 1. The molecule has 0 amide bonds. The molecule has 2 atom stereocenters. The first-order chi connectivity index (χ1) is 14.2. The van der Waals surface area contributed by atoms with Gasteiger partial charge >= 0.3 is 0 Å². The van der Waals surface area contributed by atoms with Crippen LogP contribution in [0, 0.1) is 0 Å². The van der Waals surface area contributed by atoms with E-state index in [0.29, 0.717) is 6.04 Å². The Labute approximate surface area is 185 Å². The largest absolute Gasteiger partial charge is 0.352 e. The molecule has 0 unspecified atom stereocenters. The lowest BCUT2D eigenvalue weighted by Crippen LogP contribution is -2.38. The van der Waals surface area contributed by atoms with Crippen LogP contribution in [0.25, 0.3) is 5.69 Å². The van der Waals surface area contributed by atoms with Gasteiger partial charge in [0.05, 0.1) is 17.8 Å². The Hall–Kier alpha value is -2.18. The molecule has 1 saturated carbocycles. The Morgan fingerprint density at radius 1 is 1.00 bits per heavy atom. The van der Waals surface area contributed by atoms with Gasteiger partial charge in [-0.05, 0) is 73.6 Å². The summed E-state index contributed by atoms with van der Waals surface area (Å²) in [6.45, 7) is 0. The van der Waals surface area contributed by atoms with Gasteiger partial charge < -0.3 is 14.8 Å². The van der Waals surface area contributed by atoms with E-state index >= 15 is 0 Å². The molecule has 3 heterocycles. The summed E-state index contributed by atoms with van der Waals surface area (Å²) < 4.78 is 3.36. The van der Waals surface area contributed by atoms with Crippen LogP contribution in [-0.4, -0.2) is 25.6 Å². The summed E-state index contributed by atoms with van der Waals surface area (Å²) in [5, 5.41) is 4.45. The highest BCUT2D eigenvalue weighted by Gasteiger charge is 2.44. The van der Waals surface area contributed by atoms with Crippen LogP contribution in [0.4, 0.5) is 0 Å². The van der Waals surface area contributed by atoms with Gasteiger partial charge in [0.15, 0.2) is 5.11 Å². The van der Waals surface area contributed by atoms with Crippen LogP contribution in [0.2, 0.25) is 0 Å². The molecule has 3 aromatic rings. The number of halogens is 1. The van der Waals surface area contributed by atoms with Crippen LogP contribution < -0.4 is 5.32 Å². The van der Waals surface area contributed by atoms with E-state index in [2.05, 4.69) is 90.4 Å². The van der Waals surface area contributed by atoms with Gasteiger partial charge in [0, 0.05) is 34.3 Å². The van der Waals surface area contributed by atoms with Gasteiger partial charge in [0.25, 0.3) is 0 Å². The van der Waals surface area contributed by atoms with Gasteiger partial charge in [-0.25, -0.2) is 0 Å². The molecule has 29 heavy (non-hydrogen) atoms. The first-order valence-corrected chi connectivity index (χ1v) is 11.4. The second kappa shape index (κ2) is 7.92. The highest BCUT2D eigenvalue weighted by molar-refractivity contribution is 9.10. The summed E-state index contributed by atoms with van der Waals surface area (Å²) in [6.07, 6.45) is 8.96. The zero-order chi connectivity index (χ0) is 19.8. The van der Waals surface area contributed by atoms with E-state index in [4.69, 9.17) is 12.2 Å². The first kappa shape index (κ1) is 18.8. The van der Waals surface area contributed by atoms with E-state index in [9.17, 15) is 0 Å². The summed E-state index contributed by atoms with van der Waals surface area (Å²) >= 11 is 9.40. The number of pyridine rings is 1. The van der Waals surface area contributed by atoms with Gasteiger partial charge in [-0.2, -0.15) is 0 Å². The number of thiocarbonyl (C=S) groups is 1. The van der Waals surface area contributed by atoms with Gasteiger partial charge in [0.2, 0.25) is 0 Å². The molecule has 1 aliphatic carbocycles. The zero-order valence-corrected chi connectivity index (χ0v) is 18.4. The monoisotopic (exact) mass is 466 g/mol. The fraction of sp³-hybridized carbons (Fsp3) is 0.304. The fourth-order valence-electron chi connectivity index (χ4n) is 4.73. The molecule has 0 spiro atoms. The molecule has 4 nitrogen and oxygen atoms in total. The third-order valence-electron chi connectivity index (χ3n) is 6.04. The molecule has 2 fully saturated rings. The van der Waals surface area contributed by atoms with E-state index in [-0.39, 0.29) is 12.1 Å². The van der Waals surface area contributed by atoms with Crippen LogP contribution in [0.5, 0.6) is 0 Å². The molecule has 0 bridgehead atoms. The minimum atomic E-state index is 0.0356. The van der Waals surface area contributed by atoms with Crippen molar-refractivity contribution in [2.75, 3.05) is 0 Å². The molecule has 1 aromatic carbocycles. The summed E-state index contributed by atoms with van der Waals surface area (Å²) in [5.74, 6) is 0. The summed E-state index contributed by atoms with van der Waals surface area (Å²) in [5.41, 5.74) is 3.42. The average Bonchev–Trinajstić information content (AvgIpc) is 3.48. The van der Waals surface area contributed by atoms with Crippen molar-refractivity contribution in [2.24, 2.45) is 0 Å². The number of aromatic nitrogens is 2. The Morgan fingerprint density at radius 3 is 2.52 bits per heavy atom. The predicted octanol–water partition coefficient (Wildman–Crippen LogP) is 5.55. The number of hydrogen-bond donors (Lipinski definition) is 1. The van der Waals surface area contributed by atoms with Crippen LogP contribution >= 0.6 is 28.1 Å². The van der Waals surface area contributed by atoms with Crippen LogP contribution in [0.3, 0.4) is 0 Å². The number of nitrogens with one attached hydrogen (secondary N) is 1. The smallest absolute Gasteiger partial charge is 0.170 e. The fourth-order valence-corrected chi connectivity index (χ4v) is 5.38. The van der Waals surface area contributed by atoms with E-state index in [0.717, 1.165) is 21.0 Å². The summed E-state index contributed by atoms with van der Waals surface area (Å²) in [6, 6.07) is 19.5. The maximum Gasteiger partial charge on any atom is 0.170 e. The molecule has 2 aliphatic rings. The molecule has 148 valence electrons. The first-order valence-electron chi connectivity index (χ1n) is 10.2. The van der Waals surface area contributed by atoms with Crippen LogP contribution in [0.1, 0.15) is 49.2 Å². The Morgan fingerprint density at radius 2 is 1.79 bits per heavy atom. The summed E-state index contributed by atoms with van der Waals surface area (Å²) in [7, 11) is 0. The van der Waals surface area contributed by atoms with E-state index in [1.807, 2.05) is 12.3 Å². The van der Waals surface area contributed by atoms with Gasteiger partial charge in [-0.3, -0.25) is 4.98 Å². The van der Waals surface area contributed by atoms with Crippen molar-refractivity contribution in [1.82, 2.24) is 19.8 Å². The lowest BCUT2D eigenvalue weighted by molar-refractivity contribution is 0.239. The second-order valence-electron chi connectivity index (χ2n) is 7.75. The van der Waals surface area contributed by atoms with Crippen LogP contribution in [-0.2, 0) is 0 Å². The molecular weight excluding hydrogens is 444 g/mol. The highest BCUT2D eigenvalue weighted by Crippen LogP contribution is 2.43. The van der Waals surface area contributed by atoms with Crippen molar-refractivity contribution in [3.63, 3.8) is 0 Å².